The first-order valence-corrected chi connectivity index (χ1v) is 7.48. The molecule has 0 unspecified atom stereocenters. The Hall–Kier alpha value is -1.40. The topological polar surface area (TPSA) is 78.4 Å². The quantitative estimate of drug-likeness (QED) is 0.778. The minimum atomic E-state index is -1.07. The number of anilines is 1. The first kappa shape index (κ1) is 16.7. The lowest BCUT2D eigenvalue weighted by molar-refractivity contribution is 0.0697. The number of aromatic carboxylic acids is 1. The maximum Gasteiger partial charge on any atom is 0.335 e. The van der Waals surface area contributed by atoms with Crippen LogP contribution in [-0.2, 0) is 0 Å². The van der Waals surface area contributed by atoms with Crippen LogP contribution in [0.1, 0.15) is 24.2 Å². The zero-order valence-electron chi connectivity index (χ0n) is 11.5. The number of benzene rings is 1. The molecule has 7 heteroatoms. The Morgan fingerprint density at radius 2 is 2.05 bits per heavy atom. The molecule has 20 heavy (non-hydrogen) atoms. The summed E-state index contributed by atoms with van der Waals surface area (Å²) in [5, 5.41) is 14.3. The molecule has 0 saturated heterocycles. The molecule has 5 nitrogen and oxygen atoms in total. The summed E-state index contributed by atoms with van der Waals surface area (Å²) in [6.07, 6.45) is 1.97. The molecule has 0 aliphatic rings. The van der Waals surface area contributed by atoms with E-state index in [0.29, 0.717) is 12.2 Å². The molecule has 0 heterocycles. The monoisotopic (exact) mass is 316 g/mol. The number of carbonyl (C=O) groups is 2. The molecule has 0 aromatic heterocycles. The van der Waals surface area contributed by atoms with Crippen LogP contribution in [-0.4, -0.2) is 34.7 Å². The lowest BCUT2D eigenvalue weighted by Crippen LogP contribution is -2.38. The van der Waals surface area contributed by atoms with Crippen molar-refractivity contribution < 1.29 is 14.7 Å². The van der Waals surface area contributed by atoms with Crippen molar-refractivity contribution in [3.8, 4) is 0 Å². The summed E-state index contributed by atoms with van der Waals surface area (Å²) >= 11 is 7.57. The smallest absolute Gasteiger partial charge is 0.335 e. The van der Waals surface area contributed by atoms with Gasteiger partial charge in [-0.15, -0.1) is 0 Å². The summed E-state index contributed by atoms with van der Waals surface area (Å²) in [4.78, 5) is 22.5. The number of hydrogen-bond acceptors (Lipinski definition) is 3. The van der Waals surface area contributed by atoms with E-state index >= 15 is 0 Å². The van der Waals surface area contributed by atoms with E-state index in [9.17, 15) is 9.59 Å². The number of carboxylic acid groups (broad SMARTS) is 1. The zero-order valence-corrected chi connectivity index (χ0v) is 13.1. The molecule has 1 aromatic rings. The van der Waals surface area contributed by atoms with Crippen molar-refractivity contribution in [2.24, 2.45) is 0 Å². The Labute approximate surface area is 127 Å². The number of urea groups is 1. The van der Waals surface area contributed by atoms with Gasteiger partial charge in [0.05, 0.1) is 16.3 Å². The lowest BCUT2D eigenvalue weighted by atomic mass is 10.2. The Morgan fingerprint density at radius 1 is 1.40 bits per heavy atom. The van der Waals surface area contributed by atoms with Crippen LogP contribution in [0.2, 0.25) is 5.02 Å². The Bertz CT molecular complexity index is 520. The van der Waals surface area contributed by atoms with Gasteiger partial charge >= 0.3 is 12.0 Å². The highest BCUT2D eigenvalue weighted by atomic mass is 35.5. The minimum Gasteiger partial charge on any atom is -0.478 e. The van der Waals surface area contributed by atoms with Gasteiger partial charge in [-0.25, -0.2) is 9.59 Å². The van der Waals surface area contributed by atoms with Gasteiger partial charge in [-0.3, -0.25) is 0 Å². The molecule has 0 radical (unpaired) electrons. The molecule has 2 amide bonds. The van der Waals surface area contributed by atoms with E-state index < -0.39 is 5.97 Å². The molecular formula is C13H17ClN2O3S. The van der Waals surface area contributed by atoms with Crippen molar-refractivity contribution in [2.75, 3.05) is 18.1 Å². The second kappa shape index (κ2) is 6.85. The van der Waals surface area contributed by atoms with Gasteiger partial charge in [0.15, 0.2) is 0 Å². The first-order valence-electron chi connectivity index (χ1n) is 5.88. The highest BCUT2D eigenvalue weighted by molar-refractivity contribution is 7.99. The number of nitrogens with one attached hydrogen (secondary N) is 2. The van der Waals surface area contributed by atoms with Crippen LogP contribution in [0.3, 0.4) is 0 Å². The summed E-state index contributed by atoms with van der Waals surface area (Å²) < 4.78 is -0.0612. The van der Waals surface area contributed by atoms with Crippen molar-refractivity contribution >= 4 is 41.1 Å². The lowest BCUT2D eigenvalue weighted by Gasteiger charge is -2.22. The molecule has 110 valence electrons. The number of carboxylic acids is 1. The molecule has 0 fully saturated rings. The average molecular weight is 317 g/mol. The van der Waals surface area contributed by atoms with Crippen molar-refractivity contribution in [2.45, 2.75) is 18.6 Å². The van der Waals surface area contributed by atoms with Crippen molar-refractivity contribution in [1.29, 1.82) is 0 Å². The van der Waals surface area contributed by atoms with E-state index in [1.165, 1.54) is 18.2 Å². The first-order chi connectivity index (χ1) is 9.25. The van der Waals surface area contributed by atoms with E-state index in [1.807, 2.05) is 20.1 Å². The maximum atomic E-state index is 11.7. The molecule has 0 saturated carbocycles. The molecule has 0 bridgehead atoms. The number of hydrogen-bond donors (Lipinski definition) is 3. The molecule has 1 aromatic carbocycles. The second-order valence-corrected chi connectivity index (χ2v) is 6.69. The fraction of sp³-hybridized carbons (Fsp3) is 0.385. The molecule has 0 spiro atoms. The van der Waals surface area contributed by atoms with Crippen LogP contribution in [0.5, 0.6) is 0 Å². The van der Waals surface area contributed by atoms with Crippen LogP contribution >= 0.6 is 23.4 Å². The number of amides is 2. The van der Waals surface area contributed by atoms with Crippen LogP contribution in [0.4, 0.5) is 10.5 Å². The van der Waals surface area contributed by atoms with Gasteiger partial charge in [0.25, 0.3) is 0 Å². The highest BCUT2D eigenvalue weighted by Crippen LogP contribution is 2.23. The SMILES string of the molecule is CSC(C)(C)CNC(=O)Nc1ccc(C(=O)O)cc1Cl. The number of carbonyl (C=O) groups excluding carboxylic acids is 1. The minimum absolute atomic E-state index is 0.0612. The van der Waals surface area contributed by atoms with Gasteiger partial charge in [0.2, 0.25) is 0 Å². The van der Waals surface area contributed by atoms with Gasteiger partial charge in [0.1, 0.15) is 0 Å². The highest BCUT2D eigenvalue weighted by Gasteiger charge is 2.17. The third-order valence-corrected chi connectivity index (χ3v) is 4.25. The van der Waals surface area contributed by atoms with Crippen LogP contribution < -0.4 is 10.6 Å². The third-order valence-electron chi connectivity index (χ3n) is 2.69. The Balaban J connectivity index is 2.65. The zero-order chi connectivity index (χ0) is 15.3. The third kappa shape index (κ3) is 4.94. The van der Waals surface area contributed by atoms with E-state index in [1.54, 1.807) is 11.8 Å². The second-order valence-electron chi connectivity index (χ2n) is 4.77. The van der Waals surface area contributed by atoms with Crippen molar-refractivity contribution in [3.05, 3.63) is 28.8 Å². The Morgan fingerprint density at radius 3 is 2.55 bits per heavy atom. The van der Waals surface area contributed by atoms with Crippen LogP contribution in [0, 0.1) is 0 Å². The number of thioether (sulfide) groups is 1. The fourth-order valence-electron chi connectivity index (χ4n) is 1.28. The number of rotatable bonds is 5. The standard InChI is InChI=1S/C13H17ClN2O3S/c1-13(2,20-3)7-15-12(19)16-10-5-4-8(11(17)18)6-9(10)14/h4-6H,7H2,1-3H3,(H,17,18)(H2,15,16,19). The van der Waals surface area contributed by atoms with Crippen molar-refractivity contribution in [1.82, 2.24) is 5.32 Å². The van der Waals surface area contributed by atoms with Gasteiger partial charge < -0.3 is 15.7 Å². The summed E-state index contributed by atoms with van der Waals surface area (Å²) in [5.41, 5.74) is 0.445. The van der Waals surface area contributed by atoms with Gasteiger partial charge in [-0.2, -0.15) is 11.8 Å². The van der Waals surface area contributed by atoms with E-state index in [-0.39, 0.29) is 21.4 Å². The summed E-state index contributed by atoms with van der Waals surface area (Å²) in [6.45, 7) is 4.55. The van der Waals surface area contributed by atoms with E-state index in [0.717, 1.165) is 0 Å². The fourth-order valence-corrected chi connectivity index (χ4v) is 1.73. The van der Waals surface area contributed by atoms with Crippen LogP contribution in [0.15, 0.2) is 18.2 Å². The molecule has 0 aliphatic carbocycles. The largest absolute Gasteiger partial charge is 0.478 e. The summed E-state index contributed by atoms with van der Waals surface area (Å²) in [5.74, 6) is -1.07. The van der Waals surface area contributed by atoms with Gasteiger partial charge in [-0.1, -0.05) is 11.6 Å². The summed E-state index contributed by atoms with van der Waals surface area (Å²) in [7, 11) is 0. The number of halogens is 1. The van der Waals surface area contributed by atoms with E-state index in [2.05, 4.69) is 10.6 Å². The summed E-state index contributed by atoms with van der Waals surface area (Å²) in [6, 6.07) is 3.77. The average Bonchev–Trinajstić information content (AvgIpc) is 2.39. The molecule has 0 atom stereocenters. The van der Waals surface area contributed by atoms with Gasteiger partial charge in [0, 0.05) is 11.3 Å². The van der Waals surface area contributed by atoms with Crippen molar-refractivity contribution in [3.63, 3.8) is 0 Å². The van der Waals surface area contributed by atoms with Gasteiger partial charge in [-0.05, 0) is 38.3 Å². The predicted molar refractivity (Wildman–Crippen MR) is 83.0 cm³/mol. The molecular weight excluding hydrogens is 300 g/mol. The predicted octanol–water partition coefficient (Wildman–Crippen LogP) is 3.30. The normalized spacial score (nSPS) is 11.0. The van der Waals surface area contributed by atoms with Crippen LogP contribution in [0.25, 0.3) is 0 Å². The molecule has 3 N–H and O–H groups in total. The van der Waals surface area contributed by atoms with E-state index in [4.69, 9.17) is 16.7 Å². The maximum absolute atomic E-state index is 11.7. The Kier molecular flexibility index (Phi) is 5.71. The molecule has 1 rings (SSSR count). The molecule has 0 aliphatic heterocycles.